The average Bonchev–Trinajstić information content (AvgIpc) is 3.48. The molecule has 1 saturated heterocycles. The third-order valence-corrected chi connectivity index (χ3v) is 6.38. The van der Waals surface area contributed by atoms with E-state index >= 15 is 4.39 Å². The standard InChI is InChI=1S/C25H21FN8.ClH/c26-19-12-20-15(5-6-30-20)11-17(19)23-18(13-27)21(22-24(28)32-33-25(22)31-23)14-1-3-16(4-2-14)34-9-7-29-8-10-34;/h1-6,11-12,29-30H,7-10H2,(H3,28,31,32,33);1H. The van der Waals surface area contributed by atoms with E-state index in [0.29, 0.717) is 27.9 Å². The number of anilines is 2. The lowest BCUT2D eigenvalue weighted by molar-refractivity contribution is 0.589. The summed E-state index contributed by atoms with van der Waals surface area (Å²) in [4.78, 5) is 9.87. The molecule has 176 valence electrons. The second-order valence-corrected chi connectivity index (χ2v) is 8.34. The molecule has 1 aliphatic rings. The Bertz CT molecular complexity index is 1580. The molecule has 10 heteroatoms. The summed E-state index contributed by atoms with van der Waals surface area (Å²) < 4.78 is 15.2. The minimum Gasteiger partial charge on any atom is -0.383 e. The summed E-state index contributed by atoms with van der Waals surface area (Å²) in [5.74, 6) is -0.157. The third-order valence-electron chi connectivity index (χ3n) is 6.38. The molecule has 5 N–H and O–H groups in total. The van der Waals surface area contributed by atoms with Gasteiger partial charge in [0.25, 0.3) is 0 Å². The normalized spacial score (nSPS) is 13.7. The van der Waals surface area contributed by atoms with Crippen LogP contribution in [0.1, 0.15) is 5.56 Å². The van der Waals surface area contributed by atoms with Crippen molar-refractivity contribution in [1.82, 2.24) is 25.5 Å². The number of nitrogens with two attached hydrogens (primary N) is 1. The quantitative estimate of drug-likeness (QED) is 0.302. The molecule has 4 heterocycles. The van der Waals surface area contributed by atoms with Crippen molar-refractivity contribution in [2.24, 2.45) is 0 Å². The summed E-state index contributed by atoms with van der Waals surface area (Å²) in [5, 5.41) is 21.9. The van der Waals surface area contributed by atoms with Crippen LogP contribution in [-0.4, -0.2) is 46.3 Å². The van der Waals surface area contributed by atoms with Gasteiger partial charge in [-0.05, 0) is 35.9 Å². The first kappa shape index (κ1) is 22.7. The number of piperazine rings is 1. The minimum atomic E-state index is -0.471. The number of nitriles is 1. The number of aromatic amines is 2. The molecule has 0 bridgehead atoms. The van der Waals surface area contributed by atoms with Gasteiger partial charge in [0.15, 0.2) is 5.65 Å². The summed E-state index contributed by atoms with van der Waals surface area (Å²) in [6.07, 6.45) is 1.75. The first-order valence-corrected chi connectivity index (χ1v) is 11.0. The van der Waals surface area contributed by atoms with E-state index in [-0.39, 0.29) is 29.2 Å². The van der Waals surface area contributed by atoms with Crippen LogP contribution in [0.15, 0.2) is 48.7 Å². The fourth-order valence-corrected chi connectivity index (χ4v) is 4.69. The summed E-state index contributed by atoms with van der Waals surface area (Å²) in [6.45, 7) is 3.75. The Hall–Kier alpha value is -4.13. The number of nitrogen functional groups attached to an aromatic ring is 1. The smallest absolute Gasteiger partial charge is 0.184 e. The van der Waals surface area contributed by atoms with Crippen LogP contribution in [0, 0.1) is 17.1 Å². The lowest BCUT2D eigenvalue weighted by Crippen LogP contribution is -2.43. The third kappa shape index (κ3) is 3.73. The van der Waals surface area contributed by atoms with Gasteiger partial charge in [-0.15, -0.1) is 12.4 Å². The molecule has 35 heavy (non-hydrogen) atoms. The van der Waals surface area contributed by atoms with Gasteiger partial charge in [-0.1, -0.05) is 12.1 Å². The second-order valence-electron chi connectivity index (χ2n) is 8.34. The molecule has 0 atom stereocenters. The van der Waals surface area contributed by atoms with E-state index in [4.69, 9.17) is 5.73 Å². The molecule has 0 amide bonds. The molecule has 5 aromatic rings. The van der Waals surface area contributed by atoms with Crippen molar-refractivity contribution in [3.8, 4) is 28.5 Å². The predicted molar refractivity (Wildman–Crippen MR) is 138 cm³/mol. The fourth-order valence-electron chi connectivity index (χ4n) is 4.69. The lowest BCUT2D eigenvalue weighted by Gasteiger charge is -2.29. The molecule has 3 aromatic heterocycles. The molecule has 0 saturated carbocycles. The summed E-state index contributed by atoms with van der Waals surface area (Å²) >= 11 is 0. The van der Waals surface area contributed by atoms with Gasteiger partial charge in [-0.3, -0.25) is 5.10 Å². The highest BCUT2D eigenvalue weighted by molar-refractivity contribution is 6.05. The van der Waals surface area contributed by atoms with Crippen LogP contribution >= 0.6 is 12.4 Å². The Morgan fingerprint density at radius 3 is 2.60 bits per heavy atom. The Kier molecular flexibility index (Phi) is 5.76. The van der Waals surface area contributed by atoms with Crippen molar-refractivity contribution < 1.29 is 4.39 Å². The van der Waals surface area contributed by atoms with Crippen LogP contribution in [0.5, 0.6) is 0 Å². The van der Waals surface area contributed by atoms with Crippen LogP contribution in [0.4, 0.5) is 15.9 Å². The minimum absolute atomic E-state index is 0. The highest BCUT2D eigenvalue weighted by Gasteiger charge is 2.24. The maximum Gasteiger partial charge on any atom is 0.184 e. The molecule has 0 spiro atoms. The topological polar surface area (TPSA) is 122 Å². The summed E-state index contributed by atoms with van der Waals surface area (Å²) in [5.41, 5.74) is 10.4. The van der Waals surface area contributed by atoms with Crippen LogP contribution in [-0.2, 0) is 0 Å². The number of benzene rings is 2. The number of aromatic nitrogens is 4. The predicted octanol–water partition coefficient (Wildman–Crippen LogP) is 4.20. The number of fused-ring (bicyclic) bond motifs is 2. The molecule has 1 aliphatic heterocycles. The zero-order valence-corrected chi connectivity index (χ0v) is 19.4. The largest absolute Gasteiger partial charge is 0.383 e. The highest BCUT2D eigenvalue weighted by Crippen LogP contribution is 2.40. The molecular weight excluding hydrogens is 467 g/mol. The fraction of sp³-hybridized carbons (Fsp3) is 0.160. The van der Waals surface area contributed by atoms with Crippen LogP contribution in [0.3, 0.4) is 0 Å². The maximum atomic E-state index is 15.2. The number of halogens is 2. The van der Waals surface area contributed by atoms with E-state index in [1.165, 1.54) is 6.07 Å². The Morgan fingerprint density at radius 2 is 1.86 bits per heavy atom. The van der Waals surface area contributed by atoms with Gasteiger partial charge in [0.1, 0.15) is 17.7 Å². The zero-order chi connectivity index (χ0) is 23.2. The van der Waals surface area contributed by atoms with Gasteiger partial charge in [0, 0.05) is 60.1 Å². The first-order chi connectivity index (χ1) is 16.6. The lowest BCUT2D eigenvalue weighted by atomic mass is 9.93. The Morgan fingerprint density at radius 1 is 1.09 bits per heavy atom. The number of pyridine rings is 1. The van der Waals surface area contributed by atoms with Crippen LogP contribution in [0.25, 0.3) is 44.3 Å². The second kappa shape index (κ2) is 8.91. The molecular formula is C25H22ClFN8. The number of H-pyrrole nitrogens is 2. The Labute approximate surface area is 206 Å². The van der Waals surface area contributed by atoms with Gasteiger partial charge in [0.2, 0.25) is 0 Å². The van der Waals surface area contributed by atoms with E-state index < -0.39 is 5.82 Å². The Balaban J connectivity index is 0.00000253. The van der Waals surface area contributed by atoms with E-state index in [1.54, 1.807) is 12.3 Å². The van der Waals surface area contributed by atoms with Crippen LogP contribution < -0.4 is 16.0 Å². The van der Waals surface area contributed by atoms with E-state index in [1.807, 2.05) is 30.3 Å². The van der Waals surface area contributed by atoms with E-state index in [9.17, 15) is 5.26 Å². The number of hydrogen-bond donors (Lipinski definition) is 4. The SMILES string of the molecule is Cl.N#Cc1c(-c2cc3cc[nH]c3cc2F)nc2n[nH]c(N)c2c1-c1ccc(N2CCNCC2)cc1. The maximum absolute atomic E-state index is 15.2. The number of nitrogens with zero attached hydrogens (tertiary/aromatic N) is 4. The van der Waals surface area contributed by atoms with Gasteiger partial charge >= 0.3 is 0 Å². The van der Waals surface area contributed by atoms with Gasteiger partial charge < -0.3 is 20.9 Å². The van der Waals surface area contributed by atoms with Crippen molar-refractivity contribution in [3.63, 3.8) is 0 Å². The van der Waals surface area contributed by atoms with Crippen molar-refractivity contribution >= 4 is 45.8 Å². The molecule has 0 unspecified atom stereocenters. The molecule has 0 radical (unpaired) electrons. The monoisotopic (exact) mass is 488 g/mol. The number of hydrogen-bond acceptors (Lipinski definition) is 6. The van der Waals surface area contributed by atoms with Gasteiger partial charge in [-0.25, -0.2) is 9.37 Å². The molecule has 1 fully saturated rings. The van der Waals surface area contributed by atoms with Crippen molar-refractivity contribution in [2.75, 3.05) is 36.8 Å². The van der Waals surface area contributed by atoms with Crippen LogP contribution in [0.2, 0.25) is 0 Å². The number of rotatable bonds is 3. The highest BCUT2D eigenvalue weighted by atomic mass is 35.5. The zero-order valence-electron chi connectivity index (χ0n) is 18.6. The van der Waals surface area contributed by atoms with Crippen molar-refractivity contribution in [3.05, 3.63) is 60.0 Å². The van der Waals surface area contributed by atoms with Crippen molar-refractivity contribution in [1.29, 1.82) is 5.26 Å². The summed E-state index contributed by atoms with van der Waals surface area (Å²) in [6, 6.07) is 15.2. The van der Waals surface area contributed by atoms with Gasteiger partial charge in [0.05, 0.1) is 16.6 Å². The molecule has 8 nitrogen and oxygen atoms in total. The molecule has 6 rings (SSSR count). The van der Waals surface area contributed by atoms with Gasteiger partial charge in [-0.2, -0.15) is 10.4 Å². The van der Waals surface area contributed by atoms with E-state index in [2.05, 4.69) is 36.5 Å². The first-order valence-electron chi connectivity index (χ1n) is 11.0. The molecule has 0 aliphatic carbocycles. The average molecular weight is 489 g/mol. The van der Waals surface area contributed by atoms with Crippen molar-refractivity contribution in [2.45, 2.75) is 0 Å². The molecule has 2 aromatic carbocycles. The van der Waals surface area contributed by atoms with E-state index in [0.717, 1.165) is 42.8 Å². The number of nitrogens with one attached hydrogen (secondary N) is 3. The summed E-state index contributed by atoms with van der Waals surface area (Å²) in [7, 11) is 0.